The number of nitrogens with zero attached hydrogens (tertiary/aromatic N) is 1. The maximum absolute atomic E-state index is 5.25. The van der Waals surface area contributed by atoms with Gasteiger partial charge in [-0.2, -0.15) is 0 Å². The minimum atomic E-state index is 0.606. The van der Waals surface area contributed by atoms with Crippen molar-refractivity contribution < 1.29 is 4.74 Å². The highest BCUT2D eigenvalue weighted by Gasteiger charge is 2.30. The summed E-state index contributed by atoms with van der Waals surface area (Å²) >= 11 is 0. The van der Waals surface area contributed by atoms with E-state index in [0.717, 1.165) is 25.0 Å². The Morgan fingerprint density at radius 2 is 2.05 bits per heavy atom. The molecule has 1 saturated carbocycles. The van der Waals surface area contributed by atoms with Crippen molar-refractivity contribution >= 4 is 0 Å². The number of rotatable bonds is 8. The third-order valence-electron chi connectivity index (χ3n) is 4.82. The van der Waals surface area contributed by atoms with Gasteiger partial charge in [0, 0.05) is 32.3 Å². The standard InChI is InChI=1S/C16H34N2O/c1-6-14-7-8-16(17-4)15(11-14)12-18(13(2)3)9-10-19-5/h13-17H,6-12H2,1-5H3. The number of ether oxygens (including phenoxy) is 1. The molecule has 0 aliphatic heterocycles. The van der Waals surface area contributed by atoms with E-state index in [4.69, 9.17) is 4.74 Å². The lowest BCUT2D eigenvalue weighted by Crippen LogP contribution is -2.47. The highest BCUT2D eigenvalue weighted by molar-refractivity contribution is 4.86. The molecule has 1 N–H and O–H groups in total. The molecular formula is C16H34N2O. The van der Waals surface area contributed by atoms with Crippen molar-refractivity contribution in [1.29, 1.82) is 0 Å². The highest BCUT2D eigenvalue weighted by Crippen LogP contribution is 2.32. The summed E-state index contributed by atoms with van der Waals surface area (Å²) in [6.07, 6.45) is 5.47. The second-order valence-corrected chi connectivity index (χ2v) is 6.32. The predicted molar refractivity (Wildman–Crippen MR) is 82.6 cm³/mol. The quantitative estimate of drug-likeness (QED) is 0.734. The van der Waals surface area contributed by atoms with Crippen molar-refractivity contribution in [2.75, 3.05) is 33.9 Å². The van der Waals surface area contributed by atoms with E-state index < -0.39 is 0 Å². The molecule has 3 unspecified atom stereocenters. The summed E-state index contributed by atoms with van der Waals surface area (Å²) < 4.78 is 5.25. The summed E-state index contributed by atoms with van der Waals surface area (Å²) in [6.45, 7) is 10.0. The van der Waals surface area contributed by atoms with Crippen LogP contribution in [0.3, 0.4) is 0 Å². The molecule has 114 valence electrons. The Hall–Kier alpha value is -0.120. The van der Waals surface area contributed by atoms with Crippen LogP contribution in [0.2, 0.25) is 0 Å². The van der Waals surface area contributed by atoms with Crippen molar-refractivity contribution in [3.05, 3.63) is 0 Å². The van der Waals surface area contributed by atoms with Crippen molar-refractivity contribution in [1.82, 2.24) is 10.2 Å². The molecular weight excluding hydrogens is 236 g/mol. The first kappa shape index (κ1) is 16.9. The Bertz CT molecular complexity index is 233. The fraction of sp³-hybridized carbons (Fsp3) is 1.00. The third kappa shape index (κ3) is 5.41. The minimum Gasteiger partial charge on any atom is -0.383 e. The normalized spacial score (nSPS) is 28.3. The molecule has 0 amide bonds. The SMILES string of the molecule is CCC1CCC(NC)C(CN(CCOC)C(C)C)C1. The van der Waals surface area contributed by atoms with E-state index in [1.807, 2.05) is 0 Å². The molecule has 1 aliphatic rings. The molecule has 1 rings (SSSR count). The van der Waals surface area contributed by atoms with Gasteiger partial charge in [0.1, 0.15) is 0 Å². The highest BCUT2D eigenvalue weighted by atomic mass is 16.5. The number of nitrogens with one attached hydrogen (secondary N) is 1. The van der Waals surface area contributed by atoms with Crippen molar-refractivity contribution in [3.63, 3.8) is 0 Å². The van der Waals surface area contributed by atoms with Crippen LogP contribution in [0.1, 0.15) is 46.5 Å². The summed E-state index contributed by atoms with van der Waals surface area (Å²) in [5.41, 5.74) is 0. The van der Waals surface area contributed by atoms with E-state index in [2.05, 4.69) is 38.0 Å². The second-order valence-electron chi connectivity index (χ2n) is 6.32. The molecule has 3 heteroatoms. The first-order valence-electron chi connectivity index (χ1n) is 8.02. The van der Waals surface area contributed by atoms with Gasteiger partial charge in [-0.1, -0.05) is 13.3 Å². The van der Waals surface area contributed by atoms with Gasteiger partial charge >= 0.3 is 0 Å². The zero-order valence-corrected chi connectivity index (χ0v) is 13.6. The molecule has 0 aromatic rings. The van der Waals surface area contributed by atoms with E-state index in [0.29, 0.717) is 12.1 Å². The molecule has 0 saturated heterocycles. The van der Waals surface area contributed by atoms with Crippen LogP contribution in [0.5, 0.6) is 0 Å². The van der Waals surface area contributed by atoms with Gasteiger partial charge in [-0.25, -0.2) is 0 Å². The van der Waals surface area contributed by atoms with Crippen LogP contribution >= 0.6 is 0 Å². The van der Waals surface area contributed by atoms with Crippen LogP contribution in [-0.2, 0) is 4.74 Å². The first-order chi connectivity index (χ1) is 9.12. The average molecular weight is 270 g/mol. The van der Waals surface area contributed by atoms with Crippen LogP contribution in [0.4, 0.5) is 0 Å². The van der Waals surface area contributed by atoms with Gasteiger partial charge < -0.3 is 10.1 Å². The van der Waals surface area contributed by atoms with Gasteiger partial charge in [-0.15, -0.1) is 0 Å². The summed E-state index contributed by atoms with van der Waals surface area (Å²) in [6, 6.07) is 1.31. The van der Waals surface area contributed by atoms with Crippen LogP contribution in [0.15, 0.2) is 0 Å². The van der Waals surface area contributed by atoms with E-state index >= 15 is 0 Å². The fourth-order valence-corrected chi connectivity index (χ4v) is 3.38. The van der Waals surface area contributed by atoms with Gasteiger partial charge in [0.2, 0.25) is 0 Å². The Morgan fingerprint density at radius 3 is 2.58 bits per heavy atom. The Kier molecular flexibility index (Phi) is 7.96. The van der Waals surface area contributed by atoms with E-state index in [9.17, 15) is 0 Å². The molecule has 3 nitrogen and oxygen atoms in total. The Balaban J connectivity index is 2.56. The molecule has 0 heterocycles. The topological polar surface area (TPSA) is 24.5 Å². The van der Waals surface area contributed by atoms with Gasteiger partial charge in [-0.05, 0) is 52.0 Å². The third-order valence-corrected chi connectivity index (χ3v) is 4.82. The summed E-state index contributed by atoms with van der Waals surface area (Å²) in [5, 5.41) is 3.54. The maximum Gasteiger partial charge on any atom is 0.0589 e. The van der Waals surface area contributed by atoms with Crippen LogP contribution in [-0.4, -0.2) is 50.8 Å². The van der Waals surface area contributed by atoms with Gasteiger partial charge in [-0.3, -0.25) is 4.90 Å². The Morgan fingerprint density at radius 1 is 1.32 bits per heavy atom. The largest absolute Gasteiger partial charge is 0.383 e. The smallest absolute Gasteiger partial charge is 0.0589 e. The van der Waals surface area contributed by atoms with Crippen LogP contribution in [0, 0.1) is 11.8 Å². The van der Waals surface area contributed by atoms with Crippen molar-refractivity contribution in [2.24, 2.45) is 11.8 Å². The minimum absolute atomic E-state index is 0.606. The van der Waals surface area contributed by atoms with Crippen molar-refractivity contribution in [2.45, 2.75) is 58.5 Å². The summed E-state index contributed by atoms with van der Waals surface area (Å²) in [7, 11) is 3.92. The van der Waals surface area contributed by atoms with E-state index in [1.165, 1.54) is 32.2 Å². The molecule has 1 fully saturated rings. The van der Waals surface area contributed by atoms with E-state index in [-0.39, 0.29) is 0 Å². The predicted octanol–water partition coefficient (Wildman–Crippen LogP) is 2.76. The zero-order valence-electron chi connectivity index (χ0n) is 13.6. The first-order valence-corrected chi connectivity index (χ1v) is 8.02. The van der Waals surface area contributed by atoms with Crippen LogP contribution < -0.4 is 5.32 Å². The number of methoxy groups -OCH3 is 1. The zero-order chi connectivity index (χ0) is 14.3. The summed E-state index contributed by atoms with van der Waals surface area (Å²) in [4.78, 5) is 2.58. The second kappa shape index (κ2) is 8.93. The molecule has 19 heavy (non-hydrogen) atoms. The molecule has 0 spiro atoms. The van der Waals surface area contributed by atoms with E-state index in [1.54, 1.807) is 7.11 Å². The number of hydrogen-bond acceptors (Lipinski definition) is 3. The fourth-order valence-electron chi connectivity index (χ4n) is 3.38. The monoisotopic (exact) mass is 270 g/mol. The molecule has 0 radical (unpaired) electrons. The van der Waals surface area contributed by atoms with Gasteiger partial charge in [0.25, 0.3) is 0 Å². The van der Waals surface area contributed by atoms with Crippen LogP contribution in [0.25, 0.3) is 0 Å². The molecule has 0 aromatic heterocycles. The average Bonchev–Trinajstić information content (AvgIpc) is 2.42. The van der Waals surface area contributed by atoms with Gasteiger partial charge in [0.05, 0.1) is 6.61 Å². The molecule has 1 aliphatic carbocycles. The van der Waals surface area contributed by atoms with Crippen molar-refractivity contribution in [3.8, 4) is 0 Å². The molecule has 0 bridgehead atoms. The maximum atomic E-state index is 5.25. The molecule has 3 atom stereocenters. The van der Waals surface area contributed by atoms with Gasteiger partial charge in [0.15, 0.2) is 0 Å². The Labute approximate surface area is 120 Å². The summed E-state index contributed by atoms with van der Waals surface area (Å²) in [5.74, 6) is 1.73. The lowest BCUT2D eigenvalue weighted by atomic mass is 9.76. The number of hydrogen-bond donors (Lipinski definition) is 1. The molecule has 0 aromatic carbocycles. The lowest BCUT2D eigenvalue weighted by Gasteiger charge is -2.40. The lowest BCUT2D eigenvalue weighted by molar-refractivity contribution is 0.0894.